The number of nitrogens with zero attached hydrogens (tertiary/aromatic N) is 1. The number of halogens is 3. The zero-order chi connectivity index (χ0) is 14.8. The van der Waals surface area contributed by atoms with Gasteiger partial charge in [-0.05, 0) is 6.07 Å². The molecule has 0 aromatic heterocycles. The maximum Gasteiger partial charge on any atom is 0.390 e. The molecule has 1 aromatic rings. The molecular weight excluding hydrogens is 273 g/mol. The van der Waals surface area contributed by atoms with Gasteiger partial charge in [-0.25, -0.2) is 0 Å². The molecule has 4 nitrogen and oxygen atoms in total. The Kier molecular flexibility index (Phi) is 4.39. The van der Waals surface area contributed by atoms with E-state index in [4.69, 9.17) is 0 Å². The standard InChI is InChI=1S/C13H17F3N2O2/c14-13(15,16)8-11(18-5-3-17-4-6-18)10-2-1-9(19)7-12(10)20/h1-2,7,11,17,19-20H,3-6,8H2/t11-/m0/s1. The van der Waals surface area contributed by atoms with Gasteiger partial charge in [0.05, 0.1) is 6.42 Å². The molecule has 112 valence electrons. The van der Waals surface area contributed by atoms with Crippen LogP contribution in [0, 0.1) is 0 Å². The highest BCUT2D eigenvalue weighted by Gasteiger charge is 2.37. The first-order valence-electron chi connectivity index (χ1n) is 6.40. The average molecular weight is 290 g/mol. The van der Waals surface area contributed by atoms with Crippen LogP contribution < -0.4 is 5.32 Å². The number of phenols is 2. The second kappa shape index (κ2) is 5.88. The van der Waals surface area contributed by atoms with E-state index in [1.807, 2.05) is 0 Å². The molecule has 20 heavy (non-hydrogen) atoms. The first kappa shape index (κ1) is 14.9. The minimum atomic E-state index is -4.32. The summed E-state index contributed by atoms with van der Waals surface area (Å²) in [5.41, 5.74) is 0.196. The van der Waals surface area contributed by atoms with Gasteiger partial charge >= 0.3 is 6.18 Å². The Labute approximate surface area is 114 Å². The maximum absolute atomic E-state index is 12.8. The number of nitrogens with one attached hydrogen (secondary N) is 1. The summed E-state index contributed by atoms with van der Waals surface area (Å²) in [5.74, 6) is -0.477. The van der Waals surface area contributed by atoms with Crippen molar-refractivity contribution in [1.29, 1.82) is 0 Å². The number of hydrogen-bond donors (Lipinski definition) is 3. The Morgan fingerprint density at radius 3 is 2.40 bits per heavy atom. The Balaban J connectivity index is 2.29. The van der Waals surface area contributed by atoms with Crippen LogP contribution in [0.15, 0.2) is 18.2 Å². The molecule has 1 heterocycles. The molecule has 1 atom stereocenters. The van der Waals surface area contributed by atoms with Crippen molar-refractivity contribution in [3.8, 4) is 11.5 Å². The van der Waals surface area contributed by atoms with Gasteiger partial charge in [0.1, 0.15) is 11.5 Å². The van der Waals surface area contributed by atoms with E-state index < -0.39 is 18.6 Å². The van der Waals surface area contributed by atoms with Crippen LogP contribution >= 0.6 is 0 Å². The van der Waals surface area contributed by atoms with E-state index in [0.717, 1.165) is 6.07 Å². The van der Waals surface area contributed by atoms with Crippen molar-refractivity contribution in [1.82, 2.24) is 10.2 Å². The van der Waals surface area contributed by atoms with Crippen molar-refractivity contribution < 1.29 is 23.4 Å². The van der Waals surface area contributed by atoms with E-state index in [9.17, 15) is 23.4 Å². The van der Waals surface area contributed by atoms with Gasteiger partial charge in [-0.2, -0.15) is 13.2 Å². The quantitative estimate of drug-likeness (QED) is 0.797. The molecule has 0 saturated carbocycles. The SMILES string of the molecule is Oc1ccc([C@H](CC(F)(F)F)N2CCNCC2)c(O)c1. The molecule has 0 amide bonds. The fraction of sp³-hybridized carbons (Fsp3) is 0.538. The monoisotopic (exact) mass is 290 g/mol. The van der Waals surface area contributed by atoms with Crippen molar-refractivity contribution in [2.75, 3.05) is 26.2 Å². The Hall–Kier alpha value is -1.47. The van der Waals surface area contributed by atoms with Crippen molar-refractivity contribution >= 4 is 0 Å². The first-order valence-corrected chi connectivity index (χ1v) is 6.40. The smallest absolute Gasteiger partial charge is 0.390 e. The topological polar surface area (TPSA) is 55.7 Å². The van der Waals surface area contributed by atoms with Crippen LogP contribution in [0.3, 0.4) is 0 Å². The molecule has 1 aliphatic heterocycles. The number of benzene rings is 1. The fourth-order valence-corrected chi connectivity index (χ4v) is 2.46. The molecule has 0 bridgehead atoms. The zero-order valence-electron chi connectivity index (χ0n) is 10.8. The van der Waals surface area contributed by atoms with E-state index in [1.54, 1.807) is 4.90 Å². The van der Waals surface area contributed by atoms with Gasteiger partial charge < -0.3 is 15.5 Å². The van der Waals surface area contributed by atoms with Crippen molar-refractivity contribution in [3.63, 3.8) is 0 Å². The van der Waals surface area contributed by atoms with Crippen LogP contribution in [-0.2, 0) is 0 Å². The van der Waals surface area contributed by atoms with Gasteiger partial charge in [0.2, 0.25) is 0 Å². The Morgan fingerprint density at radius 1 is 1.20 bits per heavy atom. The van der Waals surface area contributed by atoms with Crippen LogP contribution in [0.5, 0.6) is 11.5 Å². The van der Waals surface area contributed by atoms with E-state index in [0.29, 0.717) is 26.2 Å². The molecule has 1 fully saturated rings. The van der Waals surface area contributed by atoms with Crippen LogP contribution in [0.25, 0.3) is 0 Å². The molecule has 0 unspecified atom stereocenters. The second-order valence-electron chi connectivity index (χ2n) is 4.86. The predicted octanol–water partition coefficient (Wildman–Crippen LogP) is 2.00. The number of rotatable bonds is 3. The number of hydrogen-bond acceptors (Lipinski definition) is 4. The summed E-state index contributed by atoms with van der Waals surface area (Å²) in [6.07, 6.45) is -5.34. The molecule has 0 radical (unpaired) electrons. The zero-order valence-corrected chi connectivity index (χ0v) is 10.8. The number of piperazine rings is 1. The highest BCUT2D eigenvalue weighted by Crippen LogP contribution is 2.38. The first-order chi connectivity index (χ1) is 9.37. The highest BCUT2D eigenvalue weighted by molar-refractivity contribution is 5.41. The predicted molar refractivity (Wildman–Crippen MR) is 67.6 cm³/mol. The van der Waals surface area contributed by atoms with Crippen LogP contribution in [0.1, 0.15) is 18.0 Å². The third-order valence-electron chi connectivity index (χ3n) is 3.39. The van der Waals surface area contributed by atoms with Crippen LogP contribution in [0.2, 0.25) is 0 Å². The van der Waals surface area contributed by atoms with Gasteiger partial charge in [-0.15, -0.1) is 0 Å². The van der Waals surface area contributed by atoms with E-state index >= 15 is 0 Å². The molecule has 3 N–H and O–H groups in total. The van der Waals surface area contributed by atoms with Crippen LogP contribution in [-0.4, -0.2) is 47.5 Å². The average Bonchev–Trinajstić information content (AvgIpc) is 2.36. The van der Waals surface area contributed by atoms with Crippen LogP contribution in [0.4, 0.5) is 13.2 Å². The molecule has 0 spiro atoms. The molecule has 1 aromatic carbocycles. The molecule has 1 saturated heterocycles. The lowest BCUT2D eigenvalue weighted by Crippen LogP contribution is -2.46. The summed E-state index contributed by atoms with van der Waals surface area (Å²) in [7, 11) is 0. The minimum Gasteiger partial charge on any atom is -0.508 e. The summed E-state index contributed by atoms with van der Waals surface area (Å²) in [6.45, 7) is 2.21. The number of phenolic OH excluding ortho intramolecular Hbond substituents is 2. The third-order valence-corrected chi connectivity index (χ3v) is 3.39. The normalized spacial score (nSPS) is 18.9. The van der Waals surface area contributed by atoms with Gasteiger partial charge in [0.15, 0.2) is 0 Å². The summed E-state index contributed by atoms with van der Waals surface area (Å²) >= 11 is 0. The lowest BCUT2D eigenvalue weighted by atomic mass is 9.99. The van der Waals surface area contributed by atoms with Crippen molar-refractivity contribution in [2.24, 2.45) is 0 Å². The lowest BCUT2D eigenvalue weighted by molar-refractivity contribution is -0.148. The fourth-order valence-electron chi connectivity index (χ4n) is 2.46. The van der Waals surface area contributed by atoms with E-state index in [2.05, 4.69) is 5.32 Å². The van der Waals surface area contributed by atoms with Gasteiger partial charge in [0.25, 0.3) is 0 Å². The largest absolute Gasteiger partial charge is 0.508 e. The number of aromatic hydroxyl groups is 2. The molecular formula is C13H17F3N2O2. The van der Waals surface area contributed by atoms with Gasteiger partial charge in [0, 0.05) is 43.9 Å². The summed E-state index contributed by atoms with van der Waals surface area (Å²) < 4.78 is 38.4. The lowest BCUT2D eigenvalue weighted by Gasteiger charge is -2.35. The molecule has 7 heteroatoms. The van der Waals surface area contributed by atoms with E-state index in [-0.39, 0.29) is 17.1 Å². The summed E-state index contributed by atoms with van der Waals surface area (Å²) in [6, 6.07) is 2.78. The van der Waals surface area contributed by atoms with Crippen molar-refractivity contribution in [2.45, 2.75) is 18.6 Å². The van der Waals surface area contributed by atoms with Crippen molar-refractivity contribution in [3.05, 3.63) is 23.8 Å². The number of alkyl halides is 3. The molecule has 0 aliphatic carbocycles. The van der Waals surface area contributed by atoms with Gasteiger partial charge in [-0.3, -0.25) is 4.90 Å². The maximum atomic E-state index is 12.8. The van der Waals surface area contributed by atoms with Gasteiger partial charge in [-0.1, -0.05) is 6.07 Å². The summed E-state index contributed by atoms with van der Waals surface area (Å²) in [5, 5.41) is 22.2. The Morgan fingerprint density at radius 2 is 1.85 bits per heavy atom. The van der Waals surface area contributed by atoms with E-state index in [1.165, 1.54) is 12.1 Å². The Bertz CT molecular complexity index is 459. The second-order valence-corrected chi connectivity index (χ2v) is 4.86. The molecule has 1 aliphatic rings. The third kappa shape index (κ3) is 3.77. The summed E-state index contributed by atoms with van der Waals surface area (Å²) in [4.78, 5) is 1.70. The minimum absolute atomic E-state index is 0.169. The molecule has 2 rings (SSSR count). The highest BCUT2D eigenvalue weighted by atomic mass is 19.4.